The number of nitrogens with two attached hydrogens (primary N) is 1. The minimum Gasteiger partial charge on any atom is -0.337 e. The van der Waals surface area contributed by atoms with Crippen LogP contribution in [0, 0.1) is 10.1 Å². The Morgan fingerprint density at radius 3 is 2.32 bits per heavy atom. The average molecular weight is 292 g/mol. The maximum Gasteiger partial charge on any atom is 0.269 e. The zero-order chi connectivity index (χ0) is 15.3. The zero-order valence-corrected chi connectivity index (χ0v) is 11.5. The van der Waals surface area contributed by atoms with Crippen LogP contribution in [0.5, 0.6) is 0 Å². The van der Waals surface area contributed by atoms with E-state index in [1.54, 1.807) is 16.8 Å². The molecule has 0 amide bonds. The van der Waals surface area contributed by atoms with Crippen LogP contribution < -0.4 is 5.84 Å². The first-order chi connectivity index (χ1) is 10.6. The van der Waals surface area contributed by atoms with E-state index in [0.29, 0.717) is 0 Å². The van der Waals surface area contributed by atoms with Gasteiger partial charge in [-0.3, -0.25) is 14.5 Å². The number of hydrogen-bond donors (Lipinski definition) is 1. The molecule has 6 nitrogen and oxygen atoms in total. The van der Waals surface area contributed by atoms with Crippen LogP contribution in [-0.2, 0) is 0 Å². The first-order valence-electron chi connectivity index (χ1n) is 6.76. The monoisotopic (exact) mass is 292 g/mol. The summed E-state index contributed by atoms with van der Waals surface area (Å²) in [6.07, 6.45) is 1.99. The van der Waals surface area contributed by atoms with Gasteiger partial charge in [0.2, 0.25) is 0 Å². The van der Waals surface area contributed by atoms with Gasteiger partial charge in [0.15, 0.2) is 0 Å². The van der Waals surface area contributed by atoms with E-state index in [1.165, 1.54) is 12.1 Å². The quantitative estimate of drug-likeness (QED) is 0.350. The number of benzene rings is 2. The van der Waals surface area contributed by atoms with Gasteiger partial charge in [-0.2, -0.15) is 0 Å². The zero-order valence-electron chi connectivity index (χ0n) is 11.5. The van der Waals surface area contributed by atoms with Crippen molar-refractivity contribution < 1.29 is 4.92 Å². The lowest BCUT2D eigenvalue weighted by Crippen LogP contribution is -2.06. The van der Waals surface area contributed by atoms with Crippen LogP contribution in [0.4, 0.5) is 5.69 Å². The molecule has 4 rings (SSSR count). The molecule has 2 aromatic carbocycles. The largest absolute Gasteiger partial charge is 0.337 e. The summed E-state index contributed by atoms with van der Waals surface area (Å²) in [7, 11) is 0. The van der Waals surface area contributed by atoms with Crippen molar-refractivity contribution in [3.63, 3.8) is 0 Å². The number of imidazole rings is 1. The van der Waals surface area contributed by atoms with E-state index in [9.17, 15) is 10.1 Å². The molecule has 108 valence electrons. The lowest BCUT2D eigenvalue weighted by molar-refractivity contribution is -0.384. The molecular weight excluding hydrogens is 280 g/mol. The molecule has 2 heterocycles. The highest BCUT2D eigenvalue weighted by Gasteiger charge is 2.12. The Hall–Kier alpha value is -3.28. The number of hydrogen-bond acceptors (Lipinski definition) is 3. The molecule has 2 N–H and O–H groups in total. The van der Waals surface area contributed by atoms with Crippen LogP contribution in [0.2, 0.25) is 0 Å². The van der Waals surface area contributed by atoms with Crippen LogP contribution in [-0.4, -0.2) is 14.0 Å². The fourth-order valence-corrected chi connectivity index (χ4v) is 2.76. The number of para-hydroxylation sites is 2. The number of nitrogens with zero attached hydrogens (tertiary/aromatic N) is 3. The lowest BCUT2D eigenvalue weighted by Gasteiger charge is -1.98. The molecule has 0 aliphatic carbocycles. The Morgan fingerprint density at radius 1 is 0.955 bits per heavy atom. The number of nitro benzene ring substituents is 1. The van der Waals surface area contributed by atoms with Crippen LogP contribution in [0.1, 0.15) is 0 Å². The van der Waals surface area contributed by atoms with E-state index in [0.717, 1.165) is 27.8 Å². The summed E-state index contributed by atoms with van der Waals surface area (Å²) in [4.78, 5) is 10.3. The molecule has 4 aromatic rings. The van der Waals surface area contributed by atoms with Crippen molar-refractivity contribution in [1.82, 2.24) is 9.08 Å². The van der Waals surface area contributed by atoms with Gasteiger partial charge in [0.05, 0.1) is 16.0 Å². The summed E-state index contributed by atoms with van der Waals surface area (Å²) in [5.41, 5.74) is 4.81. The van der Waals surface area contributed by atoms with Gasteiger partial charge in [0, 0.05) is 23.9 Å². The number of rotatable bonds is 2. The second kappa shape index (κ2) is 4.36. The highest BCUT2D eigenvalue weighted by atomic mass is 16.6. The van der Waals surface area contributed by atoms with Crippen LogP contribution >= 0.6 is 0 Å². The predicted molar refractivity (Wildman–Crippen MR) is 85.1 cm³/mol. The normalized spacial score (nSPS) is 11.3. The average Bonchev–Trinajstić information content (AvgIpc) is 3.08. The van der Waals surface area contributed by atoms with Gasteiger partial charge in [0.1, 0.15) is 5.65 Å². The topological polar surface area (TPSA) is 78.5 Å². The van der Waals surface area contributed by atoms with Gasteiger partial charge < -0.3 is 5.84 Å². The molecule has 0 saturated heterocycles. The molecule has 0 aliphatic heterocycles. The second-order valence-electron chi connectivity index (χ2n) is 5.12. The number of fused-ring (bicyclic) bond motifs is 3. The smallest absolute Gasteiger partial charge is 0.269 e. The number of nitro groups is 1. The van der Waals surface area contributed by atoms with Gasteiger partial charge in [-0.1, -0.05) is 12.1 Å². The Balaban J connectivity index is 1.89. The molecule has 0 fully saturated rings. The van der Waals surface area contributed by atoms with E-state index in [1.807, 2.05) is 40.9 Å². The van der Waals surface area contributed by atoms with Gasteiger partial charge in [-0.25, -0.2) is 4.68 Å². The van der Waals surface area contributed by atoms with Crippen LogP contribution in [0.25, 0.3) is 27.8 Å². The fourth-order valence-electron chi connectivity index (χ4n) is 2.76. The van der Waals surface area contributed by atoms with Crippen LogP contribution in [0.15, 0.2) is 60.8 Å². The molecule has 6 heteroatoms. The Labute approximate surface area is 125 Å². The maximum absolute atomic E-state index is 10.7. The molecule has 0 radical (unpaired) electrons. The maximum atomic E-state index is 10.7. The van der Waals surface area contributed by atoms with E-state index < -0.39 is 4.92 Å². The van der Waals surface area contributed by atoms with E-state index in [2.05, 4.69) is 0 Å². The lowest BCUT2D eigenvalue weighted by atomic mass is 10.1. The first-order valence-corrected chi connectivity index (χ1v) is 6.76. The highest BCUT2D eigenvalue weighted by molar-refractivity contribution is 5.84. The summed E-state index contributed by atoms with van der Waals surface area (Å²) < 4.78 is 3.66. The van der Waals surface area contributed by atoms with Gasteiger partial charge in [0.25, 0.3) is 5.69 Å². The first kappa shape index (κ1) is 12.5. The minimum absolute atomic E-state index is 0.0845. The van der Waals surface area contributed by atoms with E-state index in [4.69, 9.17) is 5.84 Å². The standard InChI is InChI=1S/C16H12N4O2/c17-19-15-4-2-1-3-14(15)18-10-12(9-16(18)19)11-5-7-13(8-6-11)20(21)22/h1-10H,17H2. The molecule has 0 saturated carbocycles. The van der Waals surface area contributed by atoms with Gasteiger partial charge >= 0.3 is 0 Å². The van der Waals surface area contributed by atoms with E-state index in [-0.39, 0.29) is 5.69 Å². The fraction of sp³-hybridized carbons (Fsp3) is 0. The number of non-ortho nitro benzene ring substituents is 1. The van der Waals surface area contributed by atoms with Crippen molar-refractivity contribution >= 4 is 22.4 Å². The molecule has 0 atom stereocenters. The summed E-state index contributed by atoms with van der Waals surface area (Å²) >= 11 is 0. The van der Waals surface area contributed by atoms with Crippen molar-refractivity contribution in [2.24, 2.45) is 0 Å². The molecule has 2 aromatic heterocycles. The Bertz CT molecular complexity index is 1010. The van der Waals surface area contributed by atoms with Crippen molar-refractivity contribution in [2.75, 3.05) is 5.84 Å². The number of nitrogen functional groups attached to an aromatic ring is 1. The van der Waals surface area contributed by atoms with Crippen molar-refractivity contribution in [3.05, 3.63) is 70.9 Å². The summed E-state index contributed by atoms with van der Waals surface area (Å²) in [6, 6.07) is 16.4. The summed E-state index contributed by atoms with van der Waals surface area (Å²) in [5.74, 6) is 6.14. The van der Waals surface area contributed by atoms with Gasteiger partial charge in [-0.15, -0.1) is 0 Å². The Kier molecular flexibility index (Phi) is 2.47. The number of aromatic nitrogens is 2. The summed E-state index contributed by atoms with van der Waals surface area (Å²) in [6.45, 7) is 0. The third-order valence-electron chi connectivity index (χ3n) is 3.86. The molecule has 0 spiro atoms. The van der Waals surface area contributed by atoms with Gasteiger partial charge in [-0.05, 0) is 35.9 Å². The molecule has 0 unspecified atom stereocenters. The molecule has 0 aliphatic rings. The summed E-state index contributed by atoms with van der Waals surface area (Å²) in [5, 5.41) is 10.7. The SMILES string of the molecule is Nn1c2ccccc2n2cc(-c3ccc([N+](=O)[O-])cc3)cc12. The van der Waals surface area contributed by atoms with Crippen molar-refractivity contribution in [1.29, 1.82) is 0 Å². The third-order valence-corrected chi connectivity index (χ3v) is 3.86. The molecule has 22 heavy (non-hydrogen) atoms. The third kappa shape index (κ3) is 1.67. The van der Waals surface area contributed by atoms with Crippen LogP contribution in [0.3, 0.4) is 0 Å². The molecular formula is C16H12N4O2. The van der Waals surface area contributed by atoms with Crippen molar-refractivity contribution in [3.8, 4) is 11.1 Å². The minimum atomic E-state index is -0.401. The second-order valence-corrected chi connectivity index (χ2v) is 5.12. The highest BCUT2D eigenvalue weighted by Crippen LogP contribution is 2.28. The van der Waals surface area contributed by atoms with Crippen molar-refractivity contribution in [2.45, 2.75) is 0 Å². The van der Waals surface area contributed by atoms with E-state index >= 15 is 0 Å². The Morgan fingerprint density at radius 2 is 1.64 bits per heavy atom. The molecule has 0 bridgehead atoms. The predicted octanol–water partition coefficient (Wildman–Crippen LogP) is 3.18.